The molecular formula is C17H18BrN3O3. The Kier molecular flexibility index (Phi) is 6.31. The number of anilines is 1. The average molecular weight is 392 g/mol. The molecule has 0 aliphatic carbocycles. The van der Waals surface area contributed by atoms with E-state index in [2.05, 4.69) is 31.2 Å². The minimum atomic E-state index is -0.215. The highest BCUT2D eigenvalue weighted by atomic mass is 79.9. The van der Waals surface area contributed by atoms with Crippen molar-refractivity contribution in [1.29, 1.82) is 0 Å². The standard InChI is InChI=1S/C17H18BrN3O3/c1-3-12(22)8-14(23)16-17(20-10-15(18)21-16)19-9-11-4-6-13(24-2)7-5-11/h4-8,10,23H,3,9H2,1-2H3,(H,19,20)/b14-8-. The molecule has 1 aromatic carbocycles. The monoisotopic (exact) mass is 391 g/mol. The van der Waals surface area contributed by atoms with Crippen LogP contribution in [0.5, 0.6) is 5.75 Å². The summed E-state index contributed by atoms with van der Waals surface area (Å²) in [6, 6.07) is 7.58. The van der Waals surface area contributed by atoms with E-state index < -0.39 is 0 Å². The Morgan fingerprint density at radius 3 is 2.71 bits per heavy atom. The number of nitrogens with zero attached hydrogens (tertiary/aromatic N) is 2. The quantitative estimate of drug-likeness (QED) is 0.552. The van der Waals surface area contributed by atoms with Gasteiger partial charge in [0.1, 0.15) is 21.8 Å². The Hall–Kier alpha value is -2.41. The van der Waals surface area contributed by atoms with Gasteiger partial charge in [-0.05, 0) is 33.6 Å². The fourth-order valence-electron chi connectivity index (χ4n) is 1.93. The van der Waals surface area contributed by atoms with Crippen molar-refractivity contribution in [2.75, 3.05) is 12.4 Å². The zero-order chi connectivity index (χ0) is 17.5. The van der Waals surface area contributed by atoms with Crippen LogP contribution in [0.15, 0.2) is 41.1 Å². The van der Waals surface area contributed by atoms with Gasteiger partial charge in [0.15, 0.2) is 11.6 Å². The van der Waals surface area contributed by atoms with Gasteiger partial charge in [-0.2, -0.15) is 0 Å². The predicted molar refractivity (Wildman–Crippen MR) is 96.0 cm³/mol. The lowest BCUT2D eigenvalue weighted by molar-refractivity contribution is -0.114. The van der Waals surface area contributed by atoms with Crippen molar-refractivity contribution in [2.24, 2.45) is 0 Å². The highest BCUT2D eigenvalue weighted by Crippen LogP contribution is 2.21. The number of ether oxygens (including phenoxy) is 1. The number of hydrogen-bond donors (Lipinski definition) is 2. The van der Waals surface area contributed by atoms with Gasteiger partial charge in [-0.1, -0.05) is 19.1 Å². The molecule has 2 aromatic rings. The van der Waals surface area contributed by atoms with Crippen molar-refractivity contribution >= 4 is 33.3 Å². The molecule has 0 saturated carbocycles. The molecule has 0 radical (unpaired) electrons. The summed E-state index contributed by atoms with van der Waals surface area (Å²) in [5, 5.41) is 13.3. The van der Waals surface area contributed by atoms with Crippen LogP contribution < -0.4 is 10.1 Å². The minimum absolute atomic E-state index is 0.185. The molecule has 0 amide bonds. The van der Waals surface area contributed by atoms with Crippen LogP contribution in [0.4, 0.5) is 5.82 Å². The molecule has 0 atom stereocenters. The molecule has 1 aromatic heterocycles. The fraction of sp³-hybridized carbons (Fsp3) is 0.235. The number of nitrogens with one attached hydrogen (secondary N) is 1. The van der Waals surface area contributed by atoms with Crippen LogP contribution in [0.1, 0.15) is 24.6 Å². The number of hydrogen-bond acceptors (Lipinski definition) is 6. The van der Waals surface area contributed by atoms with Gasteiger partial charge in [-0.15, -0.1) is 0 Å². The van der Waals surface area contributed by atoms with Gasteiger partial charge in [0.25, 0.3) is 0 Å². The molecule has 0 aliphatic rings. The molecule has 6 nitrogen and oxygen atoms in total. The summed E-state index contributed by atoms with van der Waals surface area (Å²) < 4.78 is 5.59. The number of halogens is 1. The van der Waals surface area contributed by atoms with E-state index in [1.165, 1.54) is 6.20 Å². The van der Waals surface area contributed by atoms with Gasteiger partial charge in [0.2, 0.25) is 0 Å². The number of aliphatic hydroxyl groups is 1. The number of carbonyl (C=O) groups is 1. The Bertz CT molecular complexity index is 745. The first kappa shape index (κ1) is 17.9. The molecule has 0 aliphatic heterocycles. The van der Waals surface area contributed by atoms with E-state index in [0.29, 0.717) is 23.4 Å². The van der Waals surface area contributed by atoms with Crippen LogP contribution in [0.3, 0.4) is 0 Å². The summed E-state index contributed by atoms with van der Waals surface area (Å²) >= 11 is 3.22. The van der Waals surface area contributed by atoms with Gasteiger partial charge < -0.3 is 15.2 Å². The number of aromatic nitrogens is 2. The van der Waals surface area contributed by atoms with E-state index in [1.54, 1.807) is 14.0 Å². The summed E-state index contributed by atoms with van der Waals surface area (Å²) in [4.78, 5) is 19.9. The third kappa shape index (κ3) is 4.79. The number of rotatable bonds is 7. The predicted octanol–water partition coefficient (Wildman–Crippen LogP) is 3.74. The first-order valence-corrected chi connectivity index (χ1v) is 8.16. The van der Waals surface area contributed by atoms with Gasteiger partial charge in [-0.25, -0.2) is 9.97 Å². The van der Waals surface area contributed by atoms with Crippen LogP contribution in [0, 0.1) is 0 Å². The van der Waals surface area contributed by atoms with Gasteiger partial charge in [0, 0.05) is 19.0 Å². The van der Waals surface area contributed by atoms with E-state index in [0.717, 1.165) is 17.4 Å². The summed E-state index contributed by atoms with van der Waals surface area (Å²) in [5.41, 5.74) is 1.24. The Balaban J connectivity index is 2.20. The molecule has 7 heteroatoms. The number of aliphatic hydroxyl groups excluding tert-OH is 1. The third-order valence-corrected chi connectivity index (χ3v) is 3.63. The molecule has 126 valence electrons. The van der Waals surface area contributed by atoms with Crippen molar-refractivity contribution in [3.05, 3.63) is 52.4 Å². The molecule has 1 heterocycles. The van der Waals surface area contributed by atoms with E-state index in [9.17, 15) is 9.90 Å². The normalized spacial score (nSPS) is 11.2. The molecule has 0 unspecified atom stereocenters. The fourth-order valence-corrected chi connectivity index (χ4v) is 2.21. The SMILES string of the molecule is CCC(=O)/C=C(\O)c1nc(Br)cnc1NCc1ccc(OC)cc1. The zero-order valence-electron chi connectivity index (χ0n) is 13.4. The number of allylic oxidation sites excluding steroid dienone is 1. The van der Waals surface area contributed by atoms with Gasteiger partial charge in [0.05, 0.1) is 13.3 Å². The Labute approximate surface area is 148 Å². The molecule has 2 N–H and O–H groups in total. The van der Waals surface area contributed by atoms with Crippen LogP contribution in [-0.4, -0.2) is 28.0 Å². The van der Waals surface area contributed by atoms with Crippen molar-refractivity contribution in [3.8, 4) is 5.75 Å². The second kappa shape index (κ2) is 8.44. The number of carbonyl (C=O) groups excluding carboxylic acids is 1. The molecule has 0 spiro atoms. The van der Waals surface area contributed by atoms with Crippen molar-refractivity contribution < 1.29 is 14.6 Å². The molecule has 2 rings (SSSR count). The van der Waals surface area contributed by atoms with Crippen molar-refractivity contribution in [2.45, 2.75) is 19.9 Å². The first-order valence-electron chi connectivity index (χ1n) is 7.36. The lowest BCUT2D eigenvalue weighted by atomic mass is 10.2. The second-order valence-electron chi connectivity index (χ2n) is 4.94. The summed E-state index contributed by atoms with van der Waals surface area (Å²) in [6.07, 6.45) is 2.99. The van der Waals surface area contributed by atoms with Crippen molar-refractivity contribution in [3.63, 3.8) is 0 Å². The van der Waals surface area contributed by atoms with Crippen molar-refractivity contribution in [1.82, 2.24) is 9.97 Å². The molecular weight excluding hydrogens is 374 g/mol. The maximum Gasteiger partial charge on any atom is 0.159 e. The third-order valence-electron chi connectivity index (χ3n) is 3.25. The maximum atomic E-state index is 11.5. The first-order chi connectivity index (χ1) is 11.5. The van der Waals surface area contributed by atoms with Crippen LogP contribution in [0.25, 0.3) is 5.76 Å². The Morgan fingerprint density at radius 1 is 1.38 bits per heavy atom. The van der Waals surface area contributed by atoms with Gasteiger partial charge in [-0.3, -0.25) is 4.79 Å². The van der Waals surface area contributed by atoms with E-state index in [1.807, 2.05) is 24.3 Å². The Morgan fingerprint density at radius 2 is 2.08 bits per heavy atom. The van der Waals surface area contributed by atoms with E-state index >= 15 is 0 Å². The lowest BCUT2D eigenvalue weighted by Crippen LogP contribution is -2.07. The number of methoxy groups -OCH3 is 1. The second-order valence-corrected chi connectivity index (χ2v) is 5.75. The molecule has 0 saturated heterocycles. The average Bonchev–Trinajstić information content (AvgIpc) is 2.60. The zero-order valence-corrected chi connectivity index (χ0v) is 15.0. The summed E-state index contributed by atoms with van der Waals surface area (Å²) in [7, 11) is 1.61. The summed E-state index contributed by atoms with van der Waals surface area (Å²) in [5.74, 6) is 0.775. The van der Waals surface area contributed by atoms with Crippen LogP contribution >= 0.6 is 15.9 Å². The van der Waals surface area contributed by atoms with Gasteiger partial charge >= 0.3 is 0 Å². The lowest BCUT2D eigenvalue weighted by Gasteiger charge is -2.10. The largest absolute Gasteiger partial charge is 0.505 e. The maximum absolute atomic E-state index is 11.5. The van der Waals surface area contributed by atoms with Crippen LogP contribution in [0.2, 0.25) is 0 Å². The van der Waals surface area contributed by atoms with E-state index in [-0.39, 0.29) is 17.2 Å². The topological polar surface area (TPSA) is 84.3 Å². The smallest absolute Gasteiger partial charge is 0.159 e. The minimum Gasteiger partial charge on any atom is -0.505 e. The van der Waals surface area contributed by atoms with E-state index in [4.69, 9.17) is 4.74 Å². The number of ketones is 1. The molecule has 24 heavy (non-hydrogen) atoms. The highest BCUT2D eigenvalue weighted by molar-refractivity contribution is 9.10. The summed E-state index contributed by atoms with van der Waals surface area (Å²) in [6.45, 7) is 2.21. The molecule has 0 bridgehead atoms. The van der Waals surface area contributed by atoms with Crippen LogP contribution in [-0.2, 0) is 11.3 Å². The molecule has 0 fully saturated rings. The number of benzene rings is 1. The highest BCUT2D eigenvalue weighted by Gasteiger charge is 2.12.